The van der Waals surface area contributed by atoms with Crippen LogP contribution >= 0.6 is 0 Å². The van der Waals surface area contributed by atoms with Gasteiger partial charge in [0.2, 0.25) is 5.89 Å². The van der Waals surface area contributed by atoms with Crippen molar-refractivity contribution in [2.24, 2.45) is 5.73 Å². The van der Waals surface area contributed by atoms with Gasteiger partial charge < -0.3 is 10.2 Å². The molecule has 2 heterocycles. The first-order chi connectivity index (χ1) is 7.24. The molecule has 5 heteroatoms. The zero-order valence-corrected chi connectivity index (χ0v) is 8.90. The second-order valence-electron chi connectivity index (χ2n) is 3.31. The fourth-order valence-electron chi connectivity index (χ4n) is 1.51. The molecule has 2 aromatic heterocycles. The van der Waals surface area contributed by atoms with Gasteiger partial charge in [-0.15, -0.1) is 0 Å². The van der Waals surface area contributed by atoms with Gasteiger partial charge >= 0.3 is 0 Å². The molecular formula is C10H14N4O. The van der Waals surface area contributed by atoms with Crippen molar-refractivity contribution in [2.45, 2.75) is 26.9 Å². The lowest BCUT2D eigenvalue weighted by atomic mass is 10.3. The van der Waals surface area contributed by atoms with E-state index in [2.05, 4.69) is 10.1 Å². The minimum absolute atomic E-state index is 0.319. The van der Waals surface area contributed by atoms with Gasteiger partial charge in [0.05, 0.1) is 18.4 Å². The molecule has 2 rings (SSSR count). The quantitative estimate of drug-likeness (QED) is 0.822. The van der Waals surface area contributed by atoms with Crippen LogP contribution in [0.4, 0.5) is 0 Å². The summed E-state index contributed by atoms with van der Waals surface area (Å²) in [7, 11) is 0. The zero-order chi connectivity index (χ0) is 10.8. The molecule has 15 heavy (non-hydrogen) atoms. The third kappa shape index (κ3) is 1.78. The van der Waals surface area contributed by atoms with Crippen LogP contribution in [0, 0.1) is 6.92 Å². The number of rotatable bonds is 3. The fraction of sp³-hybridized carbons (Fsp3) is 0.400. The molecule has 2 aromatic rings. The Morgan fingerprint density at radius 2 is 2.33 bits per heavy atom. The van der Waals surface area contributed by atoms with E-state index >= 15 is 0 Å². The normalized spacial score (nSPS) is 10.9. The molecule has 0 aromatic carbocycles. The second-order valence-corrected chi connectivity index (χ2v) is 3.31. The van der Waals surface area contributed by atoms with Crippen LogP contribution in [-0.4, -0.2) is 14.8 Å². The van der Waals surface area contributed by atoms with Gasteiger partial charge in [-0.2, -0.15) is 5.10 Å². The van der Waals surface area contributed by atoms with E-state index in [1.54, 1.807) is 6.20 Å². The van der Waals surface area contributed by atoms with Crippen LogP contribution in [0.3, 0.4) is 0 Å². The largest absolute Gasteiger partial charge is 0.438 e. The summed E-state index contributed by atoms with van der Waals surface area (Å²) in [6.07, 6.45) is 1.69. The van der Waals surface area contributed by atoms with Crippen LogP contribution < -0.4 is 5.73 Å². The number of aromatic nitrogens is 3. The van der Waals surface area contributed by atoms with E-state index < -0.39 is 0 Å². The molecule has 2 N–H and O–H groups in total. The van der Waals surface area contributed by atoms with Gasteiger partial charge in [-0.1, -0.05) is 0 Å². The lowest BCUT2D eigenvalue weighted by Gasteiger charge is -1.99. The molecule has 0 atom stereocenters. The van der Waals surface area contributed by atoms with Crippen molar-refractivity contribution < 1.29 is 4.42 Å². The van der Waals surface area contributed by atoms with E-state index in [-0.39, 0.29) is 0 Å². The highest BCUT2D eigenvalue weighted by Crippen LogP contribution is 2.21. The van der Waals surface area contributed by atoms with Crippen LogP contribution in [0.2, 0.25) is 0 Å². The van der Waals surface area contributed by atoms with Crippen molar-refractivity contribution in [2.75, 3.05) is 0 Å². The predicted molar refractivity (Wildman–Crippen MR) is 56.0 cm³/mol. The Balaban J connectivity index is 2.43. The third-order valence-electron chi connectivity index (χ3n) is 2.18. The van der Waals surface area contributed by atoms with Crippen molar-refractivity contribution >= 4 is 0 Å². The van der Waals surface area contributed by atoms with Gasteiger partial charge in [0, 0.05) is 6.54 Å². The number of nitrogens with zero attached hydrogens (tertiary/aromatic N) is 3. The number of nitrogens with two attached hydrogens (primary N) is 1. The lowest BCUT2D eigenvalue weighted by molar-refractivity contribution is 0.502. The van der Waals surface area contributed by atoms with Gasteiger partial charge in [-0.3, -0.25) is 4.68 Å². The van der Waals surface area contributed by atoms with E-state index in [4.69, 9.17) is 10.2 Å². The summed E-state index contributed by atoms with van der Waals surface area (Å²) >= 11 is 0. The maximum absolute atomic E-state index is 5.48. The van der Waals surface area contributed by atoms with Crippen molar-refractivity contribution in [3.05, 3.63) is 23.8 Å². The maximum Gasteiger partial charge on any atom is 0.208 e. The molecule has 0 aliphatic rings. The summed E-state index contributed by atoms with van der Waals surface area (Å²) in [5, 5.41) is 4.34. The molecule has 0 unspecified atom stereocenters. The Hall–Kier alpha value is -1.62. The first-order valence-electron chi connectivity index (χ1n) is 4.94. The number of aryl methyl sites for hydroxylation is 2. The number of hydrogen-bond donors (Lipinski definition) is 1. The molecule has 0 bridgehead atoms. The molecule has 0 saturated heterocycles. The zero-order valence-electron chi connectivity index (χ0n) is 8.90. The summed E-state index contributed by atoms with van der Waals surface area (Å²) in [6.45, 7) is 5.12. The van der Waals surface area contributed by atoms with Gasteiger partial charge in [0.25, 0.3) is 0 Å². The fourth-order valence-corrected chi connectivity index (χ4v) is 1.51. The van der Waals surface area contributed by atoms with Crippen molar-refractivity contribution in [1.82, 2.24) is 14.8 Å². The van der Waals surface area contributed by atoms with Crippen LogP contribution in [-0.2, 0) is 13.1 Å². The van der Waals surface area contributed by atoms with Crippen LogP contribution in [0.25, 0.3) is 11.5 Å². The van der Waals surface area contributed by atoms with E-state index in [0.29, 0.717) is 12.4 Å². The van der Waals surface area contributed by atoms with E-state index in [0.717, 1.165) is 23.7 Å². The molecule has 0 aliphatic carbocycles. The average Bonchev–Trinajstić information content (AvgIpc) is 2.82. The topological polar surface area (TPSA) is 69.9 Å². The SMILES string of the molecule is CCn1nc(C)cc1-c1cnc(CN)o1. The highest BCUT2D eigenvalue weighted by Gasteiger charge is 2.11. The summed E-state index contributed by atoms with van der Waals surface area (Å²) < 4.78 is 7.36. The van der Waals surface area contributed by atoms with Crippen LogP contribution in [0.1, 0.15) is 18.5 Å². The maximum atomic E-state index is 5.48. The van der Waals surface area contributed by atoms with Crippen molar-refractivity contribution in [3.8, 4) is 11.5 Å². The standard InChI is InChI=1S/C10H14N4O/c1-3-14-8(4-7(2)13-14)9-6-12-10(5-11)15-9/h4,6H,3,5,11H2,1-2H3. The third-order valence-corrected chi connectivity index (χ3v) is 2.18. The Morgan fingerprint density at radius 3 is 2.93 bits per heavy atom. The molecule has 0 fully saturated rings. The van der Waals surface area contributed by atoms with Gasteiger partial charge in [-0.05, 0) is 19.9 Å². The van der Waals surface area contributed by atoms with E-state index in [1.165, 1.54) is 0 Å². The van der Waals surface area contributed by atoms with Crippen LogP contribution in [0.5, 0.6) is 0 Å². The summed E-state index contributed by atoms with van der Waals surface area (Å²) in [4.78, 5) is 4.06. The van der Waals surface area contributed by atoms with Crippen molar-refractivity contribution in [1.29, 1.82) is 0 Å². The second kappa shape index (κ2) is 3.86. The molecule has 80 valence electrons. The van der Waals surface area contributed by atoms with Crippen LogP contribution in [0.15, 0.2) is 16.7 Å². The molecular weight excluding hydrogens is 192 g/mol. The first-order valence-corrected chi connectivity index (χ1v) is 4.94. The molecule has 0 amide bonds. The minimum Gasteiger partial charge on any atom is -0.438 e. The summed E-state index contributed by atoms with van der Waals surface area (Å²) in [6, 6.07) is 1.98. The van der Waals surface area contributed by atoms with Crippen molar-refractivity contribution in [3.63, 3.8) is 0 Å². The van der Waals surface area contributed by atoms with E-state index in [9.17, 15) is 0 Å². The Labute approximate surface area is 87.9 Å². The highest BCUT2D eigenvalue weighted by molar-refractivity contribution is 5.51. The summed E-state index contributed by atoms with van der Waals surface area (Å²) in [5.41, 5.74) is 7.35. The van der Waals surface area contributed by atoms with Gasteiger partial charge in [0.15, 0.2) is 5.76 Å². The number of hydrogen-bond acceptors (Lipinski definition) is 4. The molecule has 5 nitrogen and oxygen atoms in total. The highest BCUT2D eigenvalue weighted by atomic mass is 16.4. The molecule has 0 spiro atoms. The van der Waals surface area contributed by atoms with Gasteiger partial charge in [-0.25, -0.2) is 4.98 Å². The summed E-state index contributed by atoms with van der Waals surface area (Å²) in [5.74, 6) is 1.27. The molecule has 0 saturated carbocycles. The predicted octanol–water partition coefficient (Wildman–Crippen LogP) is 1.33. The monoisotopic (exact) mass is 206 g/mol. The lowest BCUT2D eigenvalue weighted by Crippen LogP contribution is -1.98. The van der Waals surface area contributed by atoms with Gasteiger partial charge in [0.1, 0.15) is 5.69 Å². The smallest absolute Gasteiger partial charge is 0.208 e. The Morgan fingerprint density at radius 1 is 1.53 bits per heavy atom. The first kappa shape index (κ1) is 9.92. The minimum atomic E-state index is 0.319. The van der Waals surface area contributed by atoms with E-state index in [1.807, 2.05) is 24.6 Å². The molecule has 0 aliphatic heterocycles. The Bertz CT molecular complexity index is 458. The number of oxazole rings is 1. The Kier molecular flexibility index (Phi) is 2.55. The molecule has 0 radical (unpaired) electrons. The average molecular weight is 206 g/mol.